The molecule has 1 atom stereocenters. The van der Waals surface area contributed by atoms with E-state index >= 15 is 0 Å². The van der Waals surface area contributed by atoms with Gasteiger partial charge in [0.1, 0.15) is 11.6 Å². The first-order valence-electron chi connectivity index (χ1n) is 7.12. The Balaban J connectivity index is 1.93. The summed E-state index contributed by atoms with van der Waals surface area (Å²) in [6.07, 6.45) is 5.65. The molecule has 0 aliphatic heterocycles. The van der Waals surface area contributed by atoms with E-state index in [-0.39, 0.29) is 11.3 Å². The second kappa shape index (κ2) is 5.39. The molecule has 2 aromatic rings. The first kappa shape index (κ1) is 13.9. The summed E-state index contributed by atoms with van der Waals surface area (Å²) >= 11 is 0. The number of hydrogen-bond donors (Lipinski definition) is 0. The maximum absolute atomic E-state index is 13.8. The van der Waals surface area contributed by atoms with E-state index in [9.17, 15) is 13.6 Å². The lowest BCUT2D eigenvalue weighted by Gasteiger charge is -2.19. The van der Waals surface area contributed by atoms with Crippen LogP contribution in [0.5, 0.6) is 0 Å². The van der Waals surface area contributed by atoms with E-state index in [1.165, 1.54) is 6.07 Å². The molecule has 1 aromatic heterocycles. The minimum atomic E-state index is -0.819. The third-order valence-corrected chi connectivity index (χ3v) is 4.05. The van der Waals surface area contributed by atoms with E-state index in [1.54, 1.807) is 13.3 Å². The molecular weight excluding hydrogens is 274 g/mol. The second-order valence-electron chi connectivity index (χ2n) is 5.42. The molecule has 3 nitrogen and oxygen atoms in total. The molecule has 1 heterocycles. The van der Waals surface area contributed by atoms with Gasteiger partial charge in [-0.15, -0.1) is 0 Å². The van der Waals surface area contributed by atoms with E-state index in [2.05, 4.69) is 4.98 Å². The fourth-order valence-corrected chi connectivity index (χ4v) is 2.87. The number of ketones is 1. The summed E-state index contributed by atoms with van der Waals surface area (Å²) < 4.78 is 28.5. The highest BCUT2D eigenvalue weighted by molar-refractivity contribution is 5.99. The number of nitrogens with zero attached hydrogens (tertiary/aromatic N) is 2. The molecule has 5 heteroatoms. The maximum Gasteiger partial charge on any atom is 0.188 e. The largest absolute Gasteiger partial charge is 0.324 e. The van der Waals surface area contributed by atoms with E-state index in [0.29, 0.717) is 0 Å². The zero-order chi connectivity index (χ0) is 15.0. The number of fused-ring (bicyclic) bond motifs is 1. The molecule has 0 amide bonds. The van der Waals surface area contributed by atoms with Gasteiger partial charge in [-0.1, -0.05) is 0 Å². The van der Waals surface area contributed by atoms with Crippen LogP contribution < -0.4 is 0 Å². The van der Waals surface area contributed by atoms with Gasteiger partial charge in [0.05, 0.1) is 23.6 Å². The van der Waals surface area contributed by atoms with Gasteiger partial charge in [0.25, 0.3) is 0 Å². The third-order valence-electron chi connectivity index (χ3n) is 4.05. The lowest BCUT2D eigenvalue weighted by atomic mass is 9.99. The van der Waals surface area contributed by atoms with Crippen LogP contribution in [0.15, 0.2) is 24.5 Å². The number of aromatic nitrogens is 2. The Morgan fingerprint density at radius 3 is 2.81 bits per heavy atom. The molecule has 21 heavy (non-hydrogen) atoms. The van der Waals surface area contributed by atoms with Gasteiger partial charge in [0.2, 0.25) is 0 Å². The van der Waals surface area contributed by atoms with Crippen molar-refractivity contribution in [3.63, 3.8) is 0 Å². The first-order valence-corrected chi connectivity index (χ1v) is 7.12. The van der Waals surface area contributed by atoms with Gasteiger partial charge < -0.3 is 4.57 Å². The molecule has 0 spiro atoms. The molecule has 1 aromatic carbocycles. The number of carbonyl (C=O) groups is 1. The summed E-state index contributed by atoms with van der Waals surface area (Å²) in [7, 11) is 0. The summed E-state index contributed by atoms with van der Waals surface area (Å²) in [4.78, 5) is 16.8. The molecule has 1 unspecified atom stereocenters. The van der Waals surface area contributed by atoms with E-state index in [4.69, 9.17) is 0 Å². The highest BCUT2D eigenvalue weighted by Gasteiger charge is 2.25. The van der Waals surface area contributed by atoms with Crippen LogP contribution in [0.2, 0.25) is 0 Å². The standard InChI is InChI=1S/C16H16F2N2O/c1-10(16(21)12-7-6-11(17)8-13(12)18)20-9-19-14-4-2-3-5-15(14)20/h6-10H,2-5H2,1H3. The van der Waals surface area contributed by atoms with Gasteiger partial charge in [-0.05, 0) is 44.7 Å². The van der Waals surface area contributed by atoms with Crippen LogP contribution in [0.4, 0.5) is 8.78 Å². The van der Waals surface area contributed by atoms with Crippen LogP contribution in [-0.4, -0.2) is 15.3 Å². The fraction of sp³-hybridized carbons (Fsp3) is 0.375. The molecule has 0 saturated carbocycles. The van der Waals surface area contributed by atoms with Crippen LogP contribution in [0, 0.1) is 11.6 Å². The number of rotatable bonds is 3. The Labute approximate surface area is 121 Å². The smallest absolute Gasteiger partial charge is 0.188 e. The Kier molecular flexibility index (Phi) is 3.57. The van der Waals surface area contributed by atoms with Crippen molar-refractivity contribution in [3.8, 4) is 0 Å². The predicted molar refractivity (Wildman–Crippen MR) is 74.3 cm³/mol. The van der Waals surface area contributed by atoms with Gasteiger partial charge in [-0.25, -0.2) is 13.8 Å². The van der Waals surface area contributed by atoms with Crippen molar-refractivity contribution < 1.29 is 13.6 Å². The quantitative estimate of drug-likeness (QED) is 0.811. The Morgan fingerprint density at radius 1 is 1.29 bits per heavy atom. The third kappa shape index (κ3) is 2.48. The van der Waals surface area contributed by atoms with Crippen molar-refractivity contribution in [2.45, 2.75) is 38.6 Å². The molecule has 1 aliphatic rings. The Morgan fingerprint density at radius 2 is 2.05 bits per heavy atom. The Hall–Kier alpha value is -2.04. The van der Waals surface area contributed by atoms with Crippen molar-refractivity contribution in [1.29, 1.82) is 0 Å². The minimum absolute atomic E-state index is 0.0813. The van der Waals surface area contributed by atoms with Crippen LogP contribution in [-0.2, 0) is 12.8 Å². The number of halogens is 2. The van der Waals surface area contributed by atoms with E-state index in [1.807, 2.05) is 4.57 Å². The van der Waals surface area contributed by atoms with Gasteiger partial charge in [-0.2, -0.15) is 0 Å². The van der Waals surface area contributed by atoms with Gasteiger partial charge in [-0.3, -0.25) is 4.79 Å². The van der Waals surface area contributed by atoms with Crippen molar-refractivity contribution in [2.75, 3.05) is 0 Å². The maximum atomic E-state index is 13.8. The number of aryl methyl sites for hydroxylation is 1. The van der Waals surface area contributed by atoms with Gasteiger partial charge >= 0.3 is 0 Å². The molecule has 1 aliphatic carbocycles. The molecule has 0 N–H and O–H groups in total. The zero-order valence-electron chi connectivity index (χ0n) is 11.8. The molecule has 3 rings (SSSR count). The summed E-state index contributed by atoms with van der Waals surface area (Å²) in [5, 5.41) is 0. The average Bonchev–Trinajstić information content (AvgIpc) is 2.90. The molecule has 0 radical (unpaired) electrons. The van der Waals surface area contributed by atoms with Crippen molar-refractivity contribution in [1.82, 2.24) is 9.55 Å². The number of benzene rings is 1. The van der Waals surface area contributed by atoms with E-state index in [0.717, 1.165) is 49.2 Å². The molecule has 0 fully saturated rings. The SMILES string of the molecule is CC(C(=O)c1ccc(F)cc1F)n1cnc2c1CCCC2. The van der Waals surface area contributed by atoms with Crippen LogP contribution >= 0.6 is 0 Å². The topological polar surface area (TPSA) is 34.9 Å². The van der Waals surface area contributed by atoms with Gasteiger partial charge in [0, 0.05) is 11.8 Å². The highest BCUT2D eigenvalue weighted by Crippen LogP contribution is 2.25. The van der Waals surface area contributed by atoms with Crippen molar-refractivity contribution in [2.24, 2.45) is 0 Å². The number of imidazole rings is 1. The minimum Gasteiger partial charge on any atom is -0.324 e. The first-order chi connectivity index (χ1) is 10.1. The summed E-state index contributed by atoms with van der Waals surface area (Å²) in [6.45, 7) is 1.72. The number of carbonyl (C=O) groups excluding carboxylic acids is 1. The average molecular weight is 290 g/mol. The predicted octanol–water partition coefficient (Wildman–Crippen LogP) is 3.48. The summed E-state index contributed by atoms with van der Waals surface area (Å²) in [5.74, 6) is -1.86. The number of hydrogen-bond acceptors (Lipinski definition) is 2. The van der Waals surface area contributed by atoms with Crippen molar-refractivity contribution in [3.05, 3.63) is 53.1 Å². The lowest BCUT2D eigenvalue weighted by molar-refractivity contribution is 0.0929. The van der Waals surface area contributed by atoms with Crippen LogP contribution in [0.3, 0.4) is 0 Å². The lowest BCUT2D eigenvalue weighted by Crippen LogP contribution is -2.20. The summed E-state index contributed by atoms with van der Waals surface area (Å²) in [6, 6.07) is 2.50. The highest BCUT2D eigenvalue weighted by atomic mass is 19.1. The monoisotopic (exact) mass is 290 g/mol. The van der Waals surface area contributed by atoms with Crippen LogP contribution in [0.1, 0.15) is 47.6 Å². The molecule has 110 valence electrons. The number of Topliss-reactive ketones (excluding diaryl/α,β-unsaturated/α-hetero) is 1. The van der Waals surface area contributed by atoms with Gasteiger partial charge in [0.15, 0.2) is 5.78 Å². The second-order valence-corrected chi connectivity index (χ2v) is 5.42. The fourth-order valence-electron chi connectivity index (χ4n) is 2.87. The molecular formula is C16H16F2N2O. The molecule has 0 saturated heterocycles. The Bertz CT molecular complexity index is 694. The zero-order valence-corrected chi connectivity index (χ0v) is 11.8. The van der Waals surface area contributed by atoms with E-state index < -0.39 is 17.7 Å². The van der Waals surface area contributed by atoms with Crippen LogP contribution in [0.25, 0.3) is 0 Å². The summed E-state index contributed by atoms with van der Waals surface area (Å²) in [5.41, 5.74) is 2.01. The molecule has 0 bridgehead atoms. The van der Waals surface area contributed by atoms with Crippen molar-refractivity contribution >= 4 is 5.78 Å². The normalized spacial score (nSPS) is 15.6.